The van der Waals surface area contributed by atoms with Gasteiger partial charge in [-0.05, 0) is 43.2 Å². The van der Waals surface area contributed by atoms with Crippen LogP contribution in [0.1, 0.15) is 29.8 Å². The molecule has 2 fully saturated rings. The number of aromatic hydroxyl groups is 1. The van der Waals surface area contributed by atoms with Crippen LogP contribution in [0.5, 0.6) is 5.75 Å². The van der Waals surface area contributed by atoms with Gasteiger partial charge in [-0.25, -0.2) is 4.98 Å². The van der Waals surface area contributed by atoms with Crippen LogP contribution in [0.15, 0.2) is 18.3 Å². The Bertz CT molecular complexity index is 491. The van der Waals surface area contributed by atoms with Crippen molar-refractivity contribution in [3.63, 3.8) is 0 Å². The lowest BCUT2D eigenvalue weighted by Crippen LogP contribution is -2.32. The Morgan fingerprint density at radius 1 is 1.37 bits per heavy atom. The van der Waals surface area contributed by atoms with E-state index in [-0.39, 0.29) is 23.4 Å². The molecule has 0 bridgehead atoms. The van der Waals surface area contributed by atoms with Crippen LogP contribution >= 0.6 is 0 Å². The fourth-order valence-corrected chi connectivity index (χ4v) is 3.34. The van der Waals surface area contributed by atoms with E-state index in [1.807, 2.05) is 4.90 Å². The molecule has 19 heavy (non-hydrogen) atoms. The number of nitrogens with zero attached hydrogens (tertiary/aromatic N) is 2. The average molecular weight is 261 g/mol. The molecule has 5 nitrogen and oxygen atoms in total. The Morgan fingerprint density at radius 3 is 2.95 bits per heavy atom. The third-order valence-electron chi connectivity index (χ3n) is 4.37. The SMILES string of the molecule is NC1CC[C@@H]2CN(C(=O)c3ncccc3O)C[C@@H]2C1. The number of amides is 1. The van der Waals surface area contributed by atoms with Gasteiger partial charge in [0.1, 0.15) is 5.75 Å². The minimum absolute atomic E-state index is 0.0425. The maximum absolute atomic E-state index is 12.4. The lowest BCUT2D eigenvalue weighted by atomic mass is 9.79. The zero-order valence-electron chi connectivity index (χ0n) is 10.8. The maximum Gasteiger partial charge on any atom is 0.276 e. The third-order valence-corrected chi connectivity index (χ3v) is 4.37. The summed E-state index contributed by atoms with van der Waals surface area (Å²) >= 11 is 0. The Hall–Kier alpha value is -1.62. The van der Waals surface area contributed by atoms with Crippen molar-refractivity contribution in [3.05, 3.63) is 24.0 Å². The maximum atomic E-state index is 12.4. The fraction of sp³-hybridized carbons (Fsp3) is 0.571. The quantitative estimate of drug-likeness (QED) is 0.790. The van der Waals surface area contributed by atoms with Crippen molar-refractivity contribution in [1.82, 2.24) is 9.88 Å². The summed E-state index contributed by atoms with van der Waals surface area (Å²) in [6, 6.07) is 3.40. The molecule has 5 heteroatoms. The molecule has 0 aromatic carbocycles. The van der Waals surface area contributed by atoms with Crippen LogP contribution in [-0.2, 0) is 0 Å². The molecule has 1 saturated carbocycles. The van der Waals surface area contributed by atoms with E-state index in [0.29, 0.717) is 11.8 Å². The average Bonchev–Trinajstić information content (AvgIpc) is 2.81. The van der Waals surface area contributed by atoms with Crippen molar-refractivity contribution in [2.45, 2.75) is 25.3 Å². The predicted octanol–water partition coefficient (Wildman–Crippen LogP) is 0.987. The number of carbonyl (C=O) groups is 1. The largest absolute Gasteiger partial charge is 0.505 e. The van der Waals surface area contributed by atoms with E-state index in [4.69, 9.17) is 5.73 Å². The number of aromatic nitrogens is 1. The van der Waals surface area contributed by atoms with Gasteiger partial charge in [0.15, 0.2) is 5.69 Å². The Morgan fingerprint density at radius 2 is 2.16 bits per heavy atom. The van der Waals surface area contributed by atoms with Gasteiger partial charge >= 0.3 is 0 Å². The molecule has 3 N–H and O–H groups in total. The predicted molar refractivity (Wildman–Crippen MR) is 70.6 cm³/mol. The number of rotatable bonds is 1. The molecule has 2 heterocycles. The smallest absolute Gasteiger partial charge is 0.276 e. The molecule has 102 valence electrons. The van der Waals surface area contributed by atoms with Crippen molar-refractivity contribution >= 4 is 5.91 Å². The minimum Gasteiger partial charge on any atom is -0.505 e. The van der Waals surface area contributed by atoms with Gasteiger partial charge in [-0.1, -0.05) is 0 Å². The summed E-state index contributed by atoms with van der Waals surface area (Å²) in [6.45, 7) is 1.51. The number of carbonyl (C=O) groups excluding carboxylic acids is 1. The third kappa shape index (κ3) is 2.30. The topological polar surface area (TPSA) is 79.5 Å². The highest BCUT2D eigenvalue weighted by molar-refractivity contribution is 5.94. The van der Waals surface area contributed by atoms with Gasteiger partial charge in [0, 0.05) is 25.3 Å². The molecule has 1 aliphatic heterocycles. The normalized spacial score (nSPS) is 30.2. The monoisotopic (exact) mass is 261 g/mol. The van der Waals surface area contributed by atoms with E-state index in [1.165, 1.54) is 12.3 Å². The zero-order chi connectivity index (χ0) is 13.4. The summed E-state index contributed by atoms with van der Waals surface area (Å²) in [5.41, 5.74) is 6.15. The molecular formula is C14H19N3O2. The van der Waals surface area contributed by atoms with Crippen molar-refractivity contribution in [2.24, 2.45) is 17.6 Å². The molecule has 1 aromatic rings. The van der Waals surface area contributed by atoms with E-state index >= 15 is 0 Å². The molecule has 1 amide bonds. The Kier molecular flexibility index (Phi) is 3.14. The van der Waals surface area contributed by atoms with Crippen LogP contribution in [0, 0.1) is 11.8 Å². The molecule has 2 aliphatic rings. The second-order valence-corrected chi connectivity index (χ2v) is 5.67. The van der Waals surface area contributed by atoms with Crippen LogP contribution < -0.4 is 5.73 Å². The van der Waals surface area contributed by atoms with Crippen LogP contribution in [-0.4, -0.2) is 40.0 Å². The van der Waals surface area contributed by atoms with Crippen molar-refractivity contribution in [3.8, 4) is 5.75 Å². The molecule has 1 aliphatic carbocycles. The van der Waals surface area contributed by atoms with E-state index in [0.717, 1.165) is 32.4 Å². The van der Waals surface area contributed by atoms with E-state index < -0.39 is 0 Å². The molecule has 1 aromatic heterocycles. The van der Waals surface area contributed by atoms with E-state index in [9.17, 15) is 9.90 Å². The lowest BCUT2D eigenvalue weighted by Gasteiger charge is -2.27. The van der Waals surface area contributed by atoms with Gasteiger partial charge in [0.25, 0.3) is 5.91 Å². The first kappa shape index (κ1) is 12.4. The second-order valence-electron chi connectivity index (χ2n) is 5.67. The first-order valence-electron chi connectivity index (χ1n) is 6.84. The fourth-order valence-electron chi connectivity index (χ4n) is 3.34. The van der Waals surface area contributed by atoms with Crippen molar-refractivity contribution < 1.29 is 9.90 Å². The van der Waals surface area contributed by atoms with Gasteiger partial charge in [-0.2, -0.15) is 0 Å². The highest BCUT2D eigenvalue weighted by atomic mass is 16.3. The molecular weight excluding hydrogens is 242 g/mol. The summed E-state index contributed by atoms with van der Waals surface area (Å²) in [5.74, 6) is 0.869. The van der Waals surface area contributed by atoms with Gasteiger partial charge in [-0.3, -0.25) is 4.79 Å². The van der Waals surface area contributed by atoms with Crippen LogP contribution in [0.25, 0.3) is 0 Å². The number of likely N-dealkylation sites (tertiary alicyclic amines) is 1. The molecule has 1 saturated heterocycles. The summed E-state index contributed by atoms with van der Waals surface area (Å²) in [7, 11) is 0. The zero-order valence-corrected chi connectivity index (χ0v) is 10.8. The first-order chi connectivity index (χ1) is 9.15. The summed E-state index contributed by atoms with van der Waals surface area (Å²) < 4.78 is 0. The Labute approximate surface area is 112 Å². The molecule has 0 radical (unpaired) electrons. The molecule has 1 unspecified atom stereocenters. The van der Waals surface area contributed by atoms with Crippen molar-refractivity contribution in [1.29, 1.82) is 0 Å². The van der Waals surface area contributed by atoms with Gasteiger partial charge in [0.2, 0.25) is 0 Å². The highest BCUT2D eigenvalue weighted by Gasteiger charge is 2.39. The summed E-state index contributed by atoms with van der Waals surface area (Å²) in [4.78, 5) is 18.2. The van der Waals surface area contributed by atoms with Crippen LogP contribution in [0.2, 0.25) is 0 Å². The number of nitrogens with two attached hydrogens (primary N) is 1. The minimum atomic E-state index is -0.166. The van der Waals surface area contributed by atoms with Gasteiger partial charge in [-0.15, -0.1) is 0 Å². The summed E-state index contributed by atoms with van der Waals surface area (Å²) in [6.07, 6.45) is 4.69. The van der Waals surface area contributed by atoms with E-state index in [2.05, 4.69) is 4.98 Å². The summed E-state index contributed by atoms with van der Waals surface area (Å²) in [5, 5.41) is 9.71. The van der Waals surface area contributed by atoms with E-state index in [1.54, 1.807) is 6.07 Å². The number of hydrogen-bond donors (Lipinski definition) is 2. The molecule has 0 spiro atoms. The Balaban J connectivity index is 1.74. The van der Waals surface area contributed by atoms with Crippen molar-refractivity contribution in [2.75, 3.05) is 13.1 Å². The number of pyridine rings is 1. The van der Waals surface area contributed by atoms with Gasteiger partial charge < -0.3 is 15.7 Å². The standard InChI is InChI=1S/C14H19N3O2/c15-11-4-3-9-7-17(8-10(9)6-11)14(19)13-12(18)2-1-5-16-13/h1-2,5,9-11,18H,3-4,6-8,15H2/t9-,10+,11?/m1/s1. The molecule has 3 atom stereocenters. The number of hydrogen-bond acceptors (Lipinski definition) is 4. The lowest BCUT2D eigenvalue weighted by molar-refractivity contribution is 0.0774. The highest BCUT2D eigenvalue weighted by Crippen LogP contribution is 2.36. The number of fused-ring (bicyclic) bond motifs is 1. The van der Waals surface area contributed by atoms with Gasteiger partial charge in [0.05, 0.1) is 0 Å². The second kappa shape index (κ2) is 4.81. The van der Waals surface area contributed by atoms with Crippen LogP contribution in [0.3, 0.4) is 0 Å². The molecule has 3 rings (SSSR count). The van der Waals surface area contributed by atoms with Crippen LogP contribution in [0.4, 0.5) is 0 Å². The first-order valence-corrected chi connectivity index (χ1v) is 6.84.